The Hall–Kier alpha value is -6.58. The quantitative estimate of drug-likeness (QED) is 0.162. The molecule has 8 aromatic rings. The van der Waals surface area contributed by atoms with Gasteiger partial charge in [-0.15, -0.1) is 0 Å². The number of anilines is 5. The number of fused-ring (bicyclic) bond motifs is 9. The second-order valence-corrected chi connectivity index (χ2v) is 24.8. The van der Waals surface area contributed by atoms with Crippen LogP contribution >= 0.6 is 0 Å². The van der Waals surface area contributed by atoms with Crippen LogP contribution in [0.1, 0.15) is 129 Å². The zero-order valence-electron chi connectivity index (χ0n) is 43.5. The lowest BCUT2D eigenvalue weighted by molar-refractivity contribution is 0.332. The monoisotopic (exact) mass is 911 g/mol. The third-order valence-corrected chi connectivity index (χ3v) is 17.0. The lowest BCUT2D eigenvalue weighted by Gasteiger charge is -2.49. The van der Waals surface area contributed by atoms with Gasteiger partial charge in [-0.1, -0.05) is 192 Å². The van der Waals surface area contributed by atoms with Crippen LogP contribution in [-0.4, -0.2) is 6.85 Å². The van der Waals surface area contributed by atoms with Crippen LogP contribution in [0.4, 0.5) is 28.4 Å². The van der Waals surface area contributed by atoms with Gasteiger partial charge < -0.3 is 9.71 Å². The summed E-state index contributed by atoms with van der Waals surface area (Å²) in [5.74, 6) is 0. The van der Waals surface area contributed by atoms with Crippen LogP contribution in [0.3, 0.4) is 0 Å². The van der Waals surface area contributed by atoms with Crippen molar-refractivity contribution in [2.45, 2.75) is 123 Å². The molecule has 0 radical (unpaired) electrons. The van der Waals surface area contributed by atoms with Crippen LogP contribution in [0.2, 0.25) is 0 Å². The molecule has 2 nitrogen and oxygen atoms in total. The van der Waals surface area contributed by atoms with E-state index in [0.29, 0.717) is 0 Å². The van der Waals surface area contributed by atoms with Crippen molar-refractivity contribution in [1.29, 1.82) is 0 Å². The fourth-order valence-corrected chi connectivity index (χ4v) is 12.8. The molecule has 0 bridgehead atoms. The molecular formula is C67H67BN2. The van der Waals surface area contributed by atoms with Crippen LogP contribution in [0.5, 0.6) is 0 Å². The maximum Gasteiger partial charge on any atom is 0.333 e. The molecule has 0 aromatic heterocycles. The van der Waals surface area contributed by atoms with E-state index in [9.17, 15) is 0 Å². The molecule has 3 heteroatoms. The van der Waals surface area contributed by atoms with E-state index >= 15 is 0 Å². The van der Waals surface area contributed by atoms with Crippen molar-refractivity contribution in [2.24, 2.45) is 0 Å². The van der Waals surface area contributed by atoms with E-state index in [2.05, 4.69) is 257 Å². The highest BCUT2D eigenvalue weighted by atomic mass is 15.2. The SMILES string of the molecule is CC(C)(C)c1ccc(N2B3c4c(cc(-c5ccccc5)cc4N(c4ccc(C(C)(C)C)cc4-c4ccccc4)c4ccc5c(c43)-c3ccccc3C5(C)C)-c3cc4c(cc32)C(C)(C)CCC4(C)C)cc1. The van der Waals surface area contributed by atoms with Gasteiger partial charge >= 0.3 is 6.85 Å². The van der Waals surface area contributed by atoms with Gasteiger partial charge in [-0.2, -0.15) is 0 Å². The topological polar surface area (TPSA) is 6.48 Å². The standard InChI is InChI=1S/C67H67BN2/c1-63(2,3)45-27-30-47(31-28-45)70-58-41-55-54(65(7,8)35-36-66(55,9)10)40-50(58)51-37-44(42-21-15-13-16-22-42)38-59-61(51)68(70)62-57(34-32-53-60(62)48-25-19-20-26-52(48)67(53,11)12)69(59)56-33-29-46(64(4,5)6)39-49(56)43-23-17-14-18-24-43/h13-34,37-41H,35-36H2,1-12H3. The summed E-state index contributed by atoms with van der Waals surface area (Å²) in [5.41, 5.74) is 27.5. The highest BCUT2D eigenvalue weighted by molar-refractivity contribution is 6.94. The zero-order chi connectivity index (χ0) is 48.9. The van der Waals surface area contributed by atoms with Crippen LogP contribution in [0.15, 0.2) is 164 Å². The molecule has 0 unspecified atom stereocenters. The molecule has 0 atom stereocenters. The molecule has 0 spiro atoms. The largest absolute Gasteiger partial charge is 0.376 e. The molecule has 70 heavy (non-hydrogen) atoms. The average molecular weight is 911 g/mol. The lowest BCUT2D eigenvalue weighted by atomic mass is 9.42. The molecule has 2 aliphatic heterocycles. The molecule has 8 aromatic carbocycles. The van der Waals surface area contributed by atoms with Gasteiger partial charge in [0.25, 0.3) is 0 Å². The summed E-state index contributed by atoms with van der Waals surface area (Å²) in [4.78, 5) is 5.45. The maximum atomic E-state index is 2.78. The van der Waals surface area contributed by atoms with Crippen molar-refractivity contribution in [3.63, 3.8) is 0 Å². The Kier molecular flexibility index (Phi) is 9.70. The lowest BCUT2D eigenvalue weighted by Crippen LogP contribution is -2.62. The van der Waals surface area contributed by atoms with Crippen molar-refractivity contribution in [1.82, 2.24) is 0 Å². The van der Waals surface area contributed by atoms with Gasteiger partial charge in [0, 0.05) is 39.3 Å². The first kappa shape index (κ1) is 44.6. The zero-order valence-corrected chi connectivity index (χ0v) is 43.5. The summed E-state index contributed by atoms with van der Waals surface area (Å²) in [7, 11) is 0. The van der Waals surface area contributed by atoms with Crippen molar-refractivity contribution in [2.75, 3.05) is 9.71 Å². The number of hydrogen-bond acceptors (Lipinski definition) is 2. The van der Waals surface area contributed by atoms with Gasteiger partial charge in [-0.3, -0.25) is 0 Å². The minimum Gasteiger partial charge on any atom is -0.376 e. The Balaban J connectivity index is 1.28. The second-order valence-electron chi connectivity index (χ2n) is 24.8. The van der Waals surface area contributed by atoms with Crippen molar-refractivity contribution in [3.05, 3.63) is 197 Å². The first-order valence-electron chi connectivity index (χ1n) is 25.8. The normalized spacial score (nSPS) is 16.7. The molecule has 12 rings (SSSR count). The highest BCUT2D eigenvalue weighted by Crippen LogP contribution is 2.57. The third kappa shape index (κ3) is 6.67. The number of rotatable bonds is 4. The third-order valence-electron chi connectivity index (χ3n) is 17.0. The molecule has 0 saturated heterocycles. The number of nitrogens with zero attached hydrogens (tertiary/aromatic N) is 2. The Bertz CT molecular complexity index is 3420. The van der Waals surface area contributed by atoms with Gasteiger partial charge in [-0.25, -0.2) is 0 Å². The van der Waals surface area contributed by atoms with Crippen molar-refractivity contribution < 1.29 is 0 Å². The summed E-state index contributed by atoms with van der Waals surface area (Å²) in [5, 5.41) is 0. The van der Waals surface area contributed by atoms with Gasteiger partial charge in [0.2, 0.25) is 0 Å². The van der Waals surface area contributed by atoms with E-state index in [-0.39, 0.29) is 33.9 Å². The molecule has 4 aliphatic rings. The molecule has 0 saturated carbocycles. The number of benzene rings is 8. The summed E-state index contributed by atoms with van der Waals surface area (Å²) in [6, 6.07) is 63.7. The van der Waals surface area contributed by atoms with Gasteiger partial charge in [0.05, 0.1) is 5.69 Å². The van der Waals surface area contributed by atoms with Crippen LogP contribution in [0.25, 0.3) is 44.5 Å². The summed E-state index contributed by atoms with van der Waals surface area (Å²) >= 11 is 0. The average Bonchev–Trinajstić information content (AvgIpc) is 3.58. The smallest absolute Gasteiger partial charge is 0.333 e. The van der Waals surface area contributed by atoms with Gasteiger partial charge in [0.1, 0.15) is 0 Å². The predicted octanol–water partition coefficient (Wildman–Crippen LogP) is 17.0. The summed E-state index contributed by atoms with van der Waals surface area (Å²) < 4.78 is 0. The maximum absolute atomic E-state index is 2.78. The van der Waals surface area contributed by atoms with Crippen LogP contribution < -0.4 is 20.6 Å². The van der Waals surface area contributed by atoms with E-state index in [1.807, 2.05) is 0 Å². The molecule has 0 amide bonds. The molecule has 2 heterocycles. The van der Waals surface area contributed by atoms with E-state index < -0.39 is 0 Å². The van der Waals surface area contributed by atoms with E-state index in [1.165, 1.54) is 117 Å². The molecule has 0 fully saturated rings. The predicted molar refractivity (Wildman–Crippen MR) is 301 cm³/mol. The second kappa shape index (κ2) is 15.2. The first-order valence-corrected chi connectivity index (χ1v) is 25.8. The minimum absolute atomic E-state index is 0.0215. The van der Waals surface area contributed by atoms with Gasteiger partial charge in [-0.05, 0) is 167 Å². The fraction of sp³-hybridized carbons (Fsp3) is 0.284. The molecule has 0 N–H and O–H groups in total. The first-order chi connectivity index (χ1) is 33.2. The van der Waals surface area contributed by atoms with Crippen LogP contribution in [0, 0.1) is 0 Å². The summed E-state index contributed by atoms with van der Waals surface area (Å²) in [6.07, 6.45) is 2.31. The minimum atomic E-state index is -0.184. The Morgan fingerprint density at radius 1 is 0.400 bits per heavy atom. The Morgan fingerprint density at radius 2 is 0.986 bits per heavy atom. The van der Waals surface area contributed by atoms with Crippen LogP contribution in [-0.2, 0) is 27.1 Å². The van der Waals surface area contributed by atoms with E-state index in [0.717, 1.165) is 12.8 Å². The van der Waals surface area contributed by atoms with Gasteiger partial charge in [0.15, 0.2) is 0 Å². The van der Waals surface area contributed by atoms with Crippen molar-refractivity contribution in [3.8, 4) is 44.5 Å². The van der Waals surface area contributed by atoms with Crippen molar-refractivity contribution >= 4 is 46.2 Å². The van der Waals surface area contributed by atoms with E-state index in [4.69, 9.17) is 0 Å². The Morgan fingerprint density at radius 3 is 1.64 bits per heavy atom. The summed E-state index contributed by atoms with van der Waals surface area (Å²) in [6.45, 7) is 28.6. The highest BCUT2D eigenvalue weighted by Gasteiger charge is 2.51. The molecule has 2 aliphatic carbocycles. The van der Waals surface area contributed by atoms with E-state index in [1.54, 1.807) is 0 Å². The number of hydrogen-bond donors (Lipinski definition) is 0. The fourth-order valence-electron chi connectivity index (χ4n) is 12.8. The Labute approximate surface area is 418 Å². The molecular weight excluding hydrogens is 844 g/mol. The molecule has 348 valence electrons.